The standard InChI is InChI=1S/C16H19NO4/c1-16(2)9-13(18)17(14(19)10-16)12-5-3-4-11(8-12)6-7-15(20)21/h3-5,8H,6-7,9-10H2,1-2H3,(H,20,21). The highest BCUT2D eigenvalue weighted by Crippen LogP contribution is 2.34. The van der Waals surface area contributed by atoms with E-state index in [0.29, 0.717) is 24.9 Å². The van der Waals surface area contributed by atoms with Crippen LogP contribution in [0, 0.1) is 5.41 Å². The number of aliphatic carboxylic acids is 1. The Kier molecular flexibility index (Phi) is 4.11. The molecule has 1 fully saturated rings. The van der Waals surface area contributed by atoms with Gasteiger partial charge >= 0.3 is 5.97 Å². The SMILES string of the molecule is CC1(C)CC(=O)N(c2cccc(CCC(=O)O)c2)C(=O)C1. The predicted octanol–water partition coefficient (Wildman–Crippen LogP) is 2.38. The van der Waals surface area contributed by atoms with Gasteiger partial charge in [0.15, 0.2) is 0 Å². The molecule has 0 atom stereocenters. The number of hydrogen-bond acceptors (Lipinski definition) is 3. The van der Waals surface area contributed by atoms with Crippen molar-refractivity contribution in [3.63, 3.8) is 0 Å². The normalized spacial score (nSPS) is 17.9. The predicted molar refractivity (Wildman–Crippen MR) is 77.9 cm³/mol. The number of rotatable bonds is 4. The second kappa shape index (κ2) is 5.68. The number of benzene rings is 1. The first-order valence-electron chi connectivity index (χ1n) is 6.95. The van der Waals surface area contributed by atoms with Gasteiger partial charge in [0, 0.05) is 19.3 Å². The number of carbonyl (C=O) groups excluding carboxylic acids is 2. The molecule has 112 valence electrons. The van der Waals surface area contributed by atoms with Gasteiger partial charge in [0.1, 0.15) is 0 Å². The molecule has 0 saturated carbocycles. The summed E-state index contributed by atoms with van der Waals surface area (Å²) in [5.41, 5.74) is 1.04. The van der Waals surface area contributed by atoms with Gasteiger partial charge in [-0.3, -0.25) is 19.3 Å². The summed E-state index contributed by atoms with van der Waals surface area (Å²) in [6.45, 7) is 3.81. The molecule has 0 unspecified atom stereocenters. The highest BCUT2D eigenvalue weighted by Gasteiger charge is 2.38. The Labute approximate surface area is 123 Å². The monoisotopic (exact) mass is 289 g/mol. The molecule has 0 spiro atoms. The lowest BCUT2D eigenvalue weighted by molar-refractivity contribution is -0.137. The van der Waals surface area contributed by atoms with E-state index in [1.807, 2.05) is 13.8 Å². The van der Waals surface area contributed by atoms with Gasteiger partial charge in [-0.05, 0) is 29.5 Å². The van der Waals surface area contributed by atoms with E-state index in [4.69, 9.17) is 5.11 Å². The van der Waals surface area contributed by atoms with Gasteiger partial charge in [-0.1, -0.05) is 26.0 Å². The zero-order valence-electron chi connectivity index (χ0n) is 12.3. The van der Waals surface area contributed by atoms with Crippen LogP contribution >= 0.6 is 0 Å². The van der Waals surface area contributed by atoms with Crippen LogP contribution in [0.4, 0.5) is 5.69 Å². The van der Waals surface area contributed by atoms with Crippen molar-refractivity contribution in [2.45, 2.75) is 39.5 Å². The fourth-order valence-electron chi connectivity index (χ4n) is 2.57. The maximum absolute atomic E-state index is 12.2. The molecule has 1 heterocycles. The maximum Gasteiger partial charge on any atom is 0.303 e. The lowest BCUT2D eigenvalue weighted by Crippen LogP contribution is -2.46. The van der Waals surface area contributed by atoms with Crippen LogP contribution in [0.1, 0.15) is 38.7 Å². The van der Waals surface area contributed by atoms with Crippen LogP contribution in [0.2, 0.25) is 0 Å². The molecule has 2 rings (SSSR count). The zero-order valence-corrected chi connectivity index (χ0v) is 12.3. The third-order valence-electron chi connectivity index (χ3n) is 3.55. The van der Waals surface area contributed by atoms with E-state index in [2.05, 4.69) is 0 Å². The van der Waals surface area contributed by atoms with Gasteiger partial charge in [0.2, 0.25) is 11.8 Å². The van der Waals surface area contributed by atoms with Gasteiger partial charge in [-0.15, -0.1) is 0 Å². The molecule has 0 aromatic heterocycles. The molecule has 0 bridgehead atoms. The molecule has 1 saturated heterocycles. The number of nitrogens with zero attached hydrogens (tertiary/aromatic N) is 1. The summed E-state index contributed by atoms with van der Waals surface area (Å²) >= 11 is 0. The first-order chi connectivity index (χ1) is 9.78. The maximum atomic E-state index is 12.2. The number of carboxylic acid groups (broad SMARTS) is 1. The van der Waals surface area contributed by atoms with Crippen molar-refractivity contribution >= 4 is 23.5 Å². The molecule has 5 heteroatoms. The molecule has 1 aromatic carbocycles. The number of aryl methyl sites for hydroxylation is 1. The van der Waals surface area contributed by atoms with Gasteiger partial charge in [-0.25, -0.2) is 0 Å². The lowest BCUT2D eigenvalue weighted by atomic mass is 9.81. The molecule has 21 heavy (non-hydrogen) atoms. The van der Waals surface area contributed by atoms with Crippen molar-refractivity contribution in [2.75, 3.05) is 4.90 Å². The largest absolute Gasteiger partial charge is 0.481 e. The highest BCUT2D eigenvalue weighted by atomic mass is 16.4. The molecule has 0 radical (unpaired) electrons. The third-order valence-corrected chi connectivity index (χ3v) is 3.55. The second-order valence-electron chi connectivity index (χ2n) is 6.20. The van der Waals surface area contributed by atoms with Gasteiger partial charge < -0.3 is 5.11 Å². The fourth-order valence-corrected chi connectivity index (χ4v) is 2.57. The minimum Gasteiger partial charge on any atom is -0.481 e. The Bertz CT molecular complexity index is 572. The molecule has 2 amide bonds. The summed E-state index contributed by atoms with van der Waals surface area (Å²) in [6.07, 6.45) is 1.07. The highest BCUT2D eigenvalue weighted by molar-refractivity contribution is 6.16. The first kappa shape index (κ1) is 15.2. The summed E-state index contributed by atoms with van der Waals surface area (Å²) in [6, 6.07) is 6.97. The Balaban J connectivity index is 2.21. The quantitative estimate of drug-likeness (QED) is 0.864. The molecular weight excluding hydrogens is 270 g/mol. The van der Waals surface area contributed by atoms with Gasteiger partial charge in [-0.2, -0.15) is 0 Å². The number of amides is 2. The number of hydrogen-bond donors (Lipinski definition) is 1. The van der Waals surface area contributed by atoms with Gasteiger partial charge in [0.05, 0.1) is 5.69 Å². The molecular formula is C16H19NO4. The number of carboxylic acids is 1. The molecule has 1 aliphatic heterocycles. The van der Waals surface area contributed by atoms with Gasteiger partial charge in [0.25, 0.3) is 0 Å². The summed E-state index contributed by atoms with van der Waals surface area (Å²) in [4.78, 5) is 36.3. The molecule has 1 aromatic rings. The Morgan fingerprint density at radius 3 is 2.43 bits per heavy atom. The van der Waals surface area contributed by atoms with Crippen molar-refractivity contribution in [2.24, 2.45) is 5.41 Å². The van der Waals surface area contributed by atoms with Crippen molar-refractivity contribution in [3.05, 3.63) is 29.8 Å². The van der Waals surface area contributed by atoms with E-state index >= 15 is 0 Å². The van der Waals surface area contributed by atoms with Crippen LogP contribution in [-0.2, 0) is 20.8 Å². The average Bonchev–Trinajstić information content (AvgIpc) is 2.34. The van der Waals surface area contributed by atoms with E-state index in [9.17, 15) is 14.4 Å². The van der Waals surface area contributed by atoms with Crippen LogP contribution in [0.3, 0.4) is 0 Å². The molecule has 1 aliphatic rings. The van der Waals surface area contributed by atoms with Crippen LogP contribution in [-0.4, -0.2) is 22.9 Å². The molecule has 1 N–H and O–H groups in total. The summed E-state index contributed by atoms with van der Waals surface area (Å²) in [7, 11) is 0. The van der Waals surface area contributed by atoms with E-state index < -0.39 is 5.97 Å². The molecule has 5 nitrogen and oxygen atoms in total. The minimum absolute atomic E-state index is 0.0262. The third kappa shape index (κ3) is 3.68. The van der Waals surface area contributed by atoms with Crippen molar-refractivity contribution in [1.29, 1.82) is 0 Å². The summed E-state index contributed by atoms with van der Waals surface area (Å²) < 4.78 is 0. The summed E-state index contributed by atoms with van der Waals surface area (Å²) in [5, 5.41) is 8.72. The first-order valence-corrected chi connectivity index (χ1v) is 6.95. The van der Waals surface area contributed by atoms with Crippen LogP contribution < -0.4 is 4.90 Å². The van der Waals surface area contributed by atoms with Crippen molar-refractivity contribution in [1.82, 2.24) is 0 Å². The number of imide groups is 1. The fraction of sp³-hybridized carbons (Fsp3) is 0.438. The van der Waals surface area contributed by atoms with Crippen molar-refractivity contribution in [3.8, 4) is 0 Å². The molecule has 0 aliphatic carbocycles. The number of anilines is 1. The Morgan fingerprint density at radius 2 is 1.86 bits per heavy atom. The minimum atomic E-state index is -0.868. The summed E-state index contributed by atoms with van der Waals surface area (Å²) in [5.74, 6) is -1.27. The second-order valence-corrected chi connectivity index (χ2v) is 6.20. The zero-order chi connectivity index (χ0) is 15.6. The Hall–Kier alpha value is -2.17. The lowest BCUT2D eigenvalue weighted by Gasteiger charge is -2.34. The van der Waals surface area contributed by atoms with E-state index in [-0.39, 0.29) is 23.7 Å². The average molecular weight is 289 g/mol. The van der Waals surface area contributed by atoms with E-state index in [0.717, 1.165) is 5.56 Å². The van der Waals surface area contributed by atoms with Crippen LogP contribution in [0.25, 0.3) is 0 Å². The van der Waals surface area contributed by atoms with E-state index in [1.165, 1.54) is 4.90 Å². The number of piperidine rings is 1. The number of carbonyl (C=O) groups is 3. The van der Waals surface area contributed by atoms with Crippen molar-refractivity contribution < 1.29 is 19.5 Å². The van der Waals surface area contributed by atoms with Crippen LogP contribution in [0.15, 0.2) is 24.3 Å². The Morgan fingerprint density at radius 1 is 1.24 bits per heavy atom. The topological polar surface area (TPSA) is 74.7 Å². The van der Waals surface area contributed by atoms with Crippen LogP contribution in [0.5, 0.6) is 0 Å². The van der Waals surface area contributed by atoms with E-state index in [1.54, 1.807) is 24.3 Å². The smallest absolute Gasteiger partial charge is 0.303 e.